The van der Waals surface area contributed by atoms with Crippen LogP contribution in [0.3, 0.4) is 0 Å². The second kappa shape index (κ2) is 10.3. The monoisotopic (exact) mass is 338 g/mol. The zero-order chi connectivity index (χ0) is 18.1. The van der Waals surface area contributed by atoms with Crippen molar-refractivity contribution >= 4 is 5.91 Å². The Morgan fingerprint density at radius 1 is 1.54 bits per heavy atom. The predicted molar refractivity (Wildman–Crippen MR) is 93.3 cm³/mol. The largest absolute Gasteiger partial charge is 0.393 e. The van der Waals surface area contributed by atoms with Gasteiger partial charge >= 0.3 is 0 Å². The van der Waals surface area contributed by atoms with Gasteiger partial charge in [0.15, 0.2) is 0 Å². The van der Waals surface area contributed by atoms with E-state index in [1.807, 2.05) is 6.92 Å². The van der Waals surface area contributed by atoms with E-state index in [2.05, 4.69) is 35.3 Å². The summed E-state index contributed by atoms with van der Waals surface area (Å²) >= 11 is 0. The first-order valence-electron chi connectivity index (χ1n) is 8.69. The Hall–Kier alpha value is -1.56. The van der Waals surface area contributed by atoms with Crippen LogP contribution in [0.4, 0.5) is 0 Å². The maximum atomic E-state index is 11.7. The lowest BCUT2D eigenvalue weighted by molar-refractivity contribution is -0.122. The van der Waals surface area contributed by atoms with Crippen molar-refractivity contribution in [2.75, 3.05) is 6.54 Å². The zero-order valence-electron chi connectivity index (χ0n) is 15.1. The fourth-order valence-corrected chi connectivity index (χ4v) is 3.31. The number of hydrogen-bond donors (Lipinski definition) is 2. The van der Waals surface area contributed by atoms with Gasteiger partial charge in [-0.15, -0.1) is 0 Å². The highest BCUT2D eigenvalue weighted by Gasteiger charge is 2.35. The summed E-state index contributed by atoms with van der Waals surface area (Å²) in [5.74, 6) is -0.0669. The van der Waals surface area contributed by atoms with E-state index in [0.717, 1.165) is 19.3 Å². The molecule has 7 nitrogen and oxygen atoms in total. The highest BCUT2D eigenvalue weighted by Crippen LogP contribution is 2.31. The molecule has 1 amide bonds. The van der Waals surface area contributed by atoms with Gasteiger partial charge in [-0.3, -0.25) is 4.79 Å². The van der Waals surface area contributed by atoms with E-state index in [4.69, 9.17) is 10.3 Å². The Bertz CT molecular complexity index is 484. The third kappa shape index (κ3) is 6.51. The van der Waals surface area contributed by atoms with Gasteiger partial charge in [-0.1, -0.05) is 30.6 Å². The molecule has 4 atom stereocenters. The second-order valence-corrected chi connectivity index (χ2v) is 6.55. The number of nitrogens with zero attached hydrogens (tertiary/aromatic N) is 3. The molecule has 0 radical (unpaired) electrons. The summed E-state index contributed by atoms with van der Waals surface area (Å²) in [4.78, 5) is 14.3. The molecule has 0 aromatic heterocycles. The molecular weight excluding hydrogens is 308 g/mol. The molecule has 0 aliphatic heterocycles. The first kappa shape index (κ1) is 20.5. The third-order valence-electron chi connectivity index (χ3n) is 4.46. The van der Waals surface area contributed by atoms with Gasteiger partial charge in [0.05, 0.1) is 30.9 Å². The molecule has 0 aromatic carbocycles. The Morgan fingerprint density at radius 2 is 2.21 bits per heavy atom. The summed E-state index contributed by atoms with van der Waals surface area (Å²) in [7, 11) is 0. The lowest BCUT2D eigenvalue weighted by atomic mass is 9.79. The van der Waals surface area contributed by atoms with E-state index < -0.39 is 6.10 Å². The van der Waals surface area contributed by atoms with Gasteiger partial charge < -0.3 is 15.2 Å². The van der Waals surface area contributed by atoms with E-state index in [1.54, 1.807) is 0 Å². The molecule has 0 saturated carbocycles. The fourth-order valence-electron chi connectivity index (χ4n) is 3.31. The van der Waals surface area contributed by atoms with Crippen LogP contribution in [0.5, 0.6) is 0 Å². The number of carbonyl (C=O) groups excluding carboxylic acids is 1. The Kier molecular flexibility index (Phi) is 8.82. The van der Waals surface area contributed by atoms with E-state index in [0.29, 0.717) is 6.42 Å². The summed E-state index contributed by atoms with van der Waals surface area (Å²) in [6.45, 7) is 7.75. The number of azide groups is 1. The van der Waals surface area contributed by atoms with Crippen LogP contribution < -0.4 is 5.32 Å². The van der Waals surface area contributed by atoms with Crippen molar-refractivity contribution in [3.05, 3.63) is 22.1 Å². The molecule has 0 spiro atoms. The zero-order valence-corrected chi connectivity index (χ0v) is 15.1. The predicted octanol–water partition coefficient (Wildman–Crippen LogP) is 3.09. The number of carbonyl (C=O) groups is 1. The quantitative estimate of drug-likeness (QED) is 0.292. The molecule has 1 aliphatic carbocycles. The van der Waals surface area contributed by atoms with Crippen molar-refractivity contribution in [3.63, 3.8) is 0 Å². The van der Waals surface area contributed by atoms with Gasteiger partial charge in [0.2, 0.25) is 5.91 Å². The maximum absolute atomic E-state index is 11.7. The van der Waals surface area contributed by atoms with E-state index in [-0.39, 0.29) is 36.6 Å². The van der Waals surface area contributed by atoms with Crippen LogP contribution in [-0.4, -0.2) is 41.9 Å². The van der Waals surface area contributed by atoms with Gasteiger partial charge in [-0.05, 0) is 44.1 Å². The summed E-state index contributed by atoms with van der Waals surface area (Å²) < 4.78 is 6.21. The van der Waals surface area contributed by atoms with E-state index in [1.165, 1.54) is 12.5 Å². The standard InChI is InChI=1S/C17H30N4O3/c1-5-15(6-2)24-16-8-11(3)7-13(17(16)20-12(4)22)9-14(23)10-19-21-18/h8,13-17,23H,5-7,9-10H2,1-4H3,(H,20,22)/t13-,14?,16-,17-/m1/s1. The van der Waals surface area contributed by atoms with Crippen LogP contribution in [0.15, 0.2) is 16.8 Å². The molecule has 0 heterocycles. The van der Waals surface area contributed by atoms with E-state index >= 15 is 0 Å². The number of hydrogen-bond acceptors (Lipinski definition) is 4. The molecule has 7 heteroatoms. The number of amides is 1. The van der Waals surface area contributed by atoms with Crippen LogP contribution >= 0.6 is 0 Å². The molecule has 0 bridgehead atoms. The van der Waals surface area contributed by atoms with Crippen molar-refractivity contribution in [2.45, 2.75) is 77.7 Å². The average Bonchev–Trinajstić information content (AvgIpc) is 2.53. The fraction of sp³-hybridized carbons (Fsp3) is 0.824. The van der Waals surface area contributed by atoms with Crippen molar-refractivity contribution in [3.8, 4) is 0 Å². The van der Waals surface area contributed by atoms with Crippen molar-refractivity contribution < 1.29 is 14.6 Å². The highest BCUT2D eigenvalue weighted by atomic mass is 16.5. The van der Waals surface area contributed by atoms with Crippen molar-refractivity contribution in [2.24, 2.45) is 11.0 Å². The maximum Gasteiger partial charge on any atom is 0.217 e. The lowest BCUT2D eigenvalue weighted by Gasteiger charge is -2.39. The van der Waals surface area contributed by atoms with Gasteiger partial charge in [0.1, 0.15) is 0 Å². The molecule has 2 N–H and O–H groups in total. The van der Waals surface area contributed by atoms with E-state index in [9.17, 15) is 9.90 Å². The Morgan fingerprint density at radius 3 is 2.75 bits per heavy atom. The molecule has 0 aromatic rings. The summed E-state index contributed by atoms with van der Waals surface area (Å²) in [5, 5.41) is 16.5. The summed E-state index contributed by atoms with van der Waals surface area (Å²) in [6, 6.07) is -0.187. The average molecular weight is 338 g/mol. The highest BCUT2D eigenvalue weighted by molar-refractivity contribution is 5.73. The molecular formula is C17H30N4O3. The molecule has 136 valence electrons. The molecule has 0 saturated heterocycles. The Balaban J connectivity index is 2.93. The SMILES string of the molecule is CCC(CC)O[C@@H]1C=C(C)C[C@H](CC(O)CN=[N+]=[N-])[C@H]1NC(C)=O. The Labute approximate surface area is 144 Å². The topological polar surface area (TPSA) is 107 Å². The van der Waals surface area contributed by atoms with Crippen LogP contribution in [0.1, 0.15) is 53.4 Å². The van der Waals surface area contributed by atoms with Gasteiger partial charge in [-0.25, -0.2) is 0 Å². The number of ether oxygens (including phenoxy) is 1. The van der Waals surface area contributed by atoms with Gasteiger partial charge in [0.25, 0.3) is 0 Å². The van der Waals surface area contributed by atoms with Crippen LogP contribution in [-0.2, 0) is 9.53 Å². The molecule has 0 fully saturated rings. The minimum Gasteiger partial charge on any atom is -0.393 e. The molecule has 1 rings (SSSR count). The van der Waals surface area contributed by atoms with Crippen LogP contribution in [0.2, 0.25) is 0 Å². The number of nitrogens with one attached hydrogen (secondary N) is 1. The first-order valence-corrected chi connectivity index (χ1v) is 8.69. The smallest absolute Gasteiger partial charge is 0.217 e. The number of allylic oxidation sites excluding steroid dienone is 1. The van der Waals surface area contributed by atoms with Gasteiger partial charge in [0, 0.05) is 11.8 Å². The van der Waals surface area contributed by atoms with Crippen LogP contribution in [0.25, 0.3) is 10.4 Å². The minimum atomic E-state index is -0.721. The normalized spacial score (nSPS) is 24.9. The third-order valence-corrected chi connectivity index (χ3v) is 4.46. The van der Waals surface area contributed by atoms with Crippen LogP contribution in [0, 0.1) is 5.92 Å². The summed E-state index contributed by atoms with van der Waals surface area (Å²) in [6.07, 6.45) is 4.36. The first-order chi connectivity index (χ1) is 11.4. The second-order valence-electron chi connectivity index (χ2n) is 6.55. The number of aliphatic hydroxyl groups excluding tert-OH is 1. The lowest BCUT2D eigenvalue weighted by Crippen LogP contribution is -2.51. The van der Waals surface area contributed by atoms with Crippen molar-refractivity contribution in [1.82, 2.24) is 5.32 Å². The number of aliphatic hydroxyl groups is 1. The van der Waals surface area contributed by atoms with Crippen molar-refractivity contribution in [1.29, 1.82) is 0 Å². The summed E-state index contributed by atoms with van der Waals surface area (Å²) in [5.41, 5.74) is 9.58. The molecule has 24 heavy (non-hydrogen) atoms. The van der Waals surface area contributed by atoms with Gasteiger partial charge in [-0.2, -0.15) is 0 Å². The minimum absolute atomic E-state index is 0.0423. The number of rotatable bonds is 9. The molecule has 1 aliphatic rings. The molecule has 1 unspecified atom stereocenters.